The fraction of sp³-hybridized carbons (Fsp3) is 0.692. The Morgan fingerprint density at radius 2 is 1.95 bits per heavy atom. The van der Waals surface area contributed by atoms with Crippen LogP contribution in [-0.4, -0.2) is 27.8 Å². The standard InChI is InChI=1S/C13H19N3O3/c1-15-10(17)9-8-13(4-3-6-14-7-5-13)19-11(9)16(2)12(15)18/h14H,3-8H2,1-2H3/t13-/m0/s1. The molecule has 1 atom stereocenters. The normalized spacial score (nSPS) is 26.0. The van der Waals surface area contributed by atoms with Crippen molar-refractivity contribution in [2.24, 2.45) is 14.1 Å². The van der Waals surface area contributed by atoms with Gasteiger partial charge < -0.3 is 10.1 Å². The van der Waals surface area contributed by atoms with Gasteiger partial charge in [-0.1, -0.05) is 0 Å². The summed E-state index contributed by atoms with van der Waals surface area (Å²) in [5.41, 5.74) is -0.199. The van der Waals surface area contributed by atoms with Gasteiger partial charge in [0.25, 0.3) is 5.56 Å². The van der Waals surface area contributed by atoms with Crippen molar-refractivity contribution in [3.8, 4) is 5.88 Å². The third-order valence-corrected chi connectivity index (χ3v) is 4.25. The minimum absolute atomic E-state index is 0.216. The van der Waals surface area contributed by atoms with E-state index < -0.39 is 0 Å². The van der Waals surface area contributed by atoms with Crippen molar-refractivity contribution in [3.05, 3.63) is 26.4 Å². The average molecular weight is 265 g/mol. The molecule has 0 radical (unpaired) electrons. The van der Waals surface area contributed by atoms with E-state index in [4.69, 9.17) is 4.74 Å². The molecule has 0 unspecified atom stereocenters. The number of hydrogen-bond donors (Lipinski definition) is 1. The quantitative estimate of drug-likeness (QED) is 0.689. The molecule has 6 nitrogen and oxygen atoms in total. The van der Waals surface area contributed by atoms with E-state index in [-0.39, 0.29) is 16.9 Å². The van der Waals surface area contributed by atoms with Crippen molar-refractivity contribution in [1.29, 1.82) is 0 Å². The largest absolute Gasteiger partial charge is 0.471 e. The van der Waals surface area contributed by atoms with Gasteiger partial charge in [0, 0.05) is 20.5 Å². The average Bonchev–Trinajstić information content (AvgIpc) is 2.62. The predicted octanol–water partition coefficient (Wildman–Crippen LogP) is -0.469. The first-order valence-corrected chi connectivity index (χ1v) is 6.73. The molecule has 2 aliphatic heterocycles. The van der Waals surface area contributed by atoms with Crippen LogP contribution >= 0.6 is 0 Å². The highest BCUT2D eigenvalue weighted by molar-refractivity contribution is 5.32. The molecule has 0 bridgehead atoms. The Labute approximate surface area is 111 Å². The van der Waals surface area contributed by atoms with Crippen molar-refractivity contribution in [2.45, 2.75) is 31.3 Å². The van der Waals surface area contributed by atoms with E-state index >= 15 is 0 Å². The minimum atomic E-state index is -0.326. The van der Waals surface area contributed by atoms with Gasteiger partial charge in [0.15, 0.2) is 0 Å². The van der Waals surface area contributed by atoms with Crippen LogP contribution in [0.15, 0.2) is 9.59 Å². The number of nitrogens with zero attached hydrogens (tertiary/aromatic N) is 2. The maximum atomic E-state index is 12.2. The van der Waals surface area contributed by atoms with E-state index in [1.54, 1.807) is 7.05 Å². The summed E-state index contributed by atoms with van der Waals surface area (Å²) in [6, 6.07) is 0. The van der Waals surface area contributed by atoms with Crippen LogP contribution in [0.4, 0.5) is 0 Å². The second-order valence-electron chi connectivity index (χ2n) is 5.55. The van der Waals surface area contributed by atoms with Gasteiger partial charge in [0.2, 0.25) is 5.88 Å². The minimum Gasteiger partial charge on any atom is -0.471 e. The van der Waals surface area contributed by atoms with Gasteiger partial charge in [0.05, 0.1) is 5.56 Å². The van der Waals surface area contributed by atoms with Crippen LogP contribution in [-0.2, 0) is 20.5 Å². The van der Waals surface area contributed by atoms with Crippen molar-refractivity contribution in [1.82, 2.24) is 14.5 Å². The van der Waals surface area contributed by atoms with Crippen molar-refractivity contribution in [3.63, 3.8) is 0 Å². The number of nitrogens with one attached hydrogen (secondary N) is 1. The second-order valence-corrected chi connectivity index (χ2v) is 5.55. The van der Waals surface area contributed by atoms with Crippen LogP contribution in [0.1, 0.15) is 24.8 Å². The lowest BCUT2D eigenvalue weighted by atomic mass is 9.90. The summed E-state index contributed by atoms with van der Waals surface area (Å²) in [5, 5.41) is 3.35. The molecule has 19 heavy (non-hydrogen) atoms. The molecule has 0 aromatic carbocycles. The fourth-order valence-electron chi connectivity index (χ4n) is 3.12. The lowest BCUT2D eigenvalue weighted by Gasteiger charge is -2.26. The van der Waals surface area contributed by atoms with E-state index in [9.17, 15) is 9.59 Å². The monoisotopic (exact) mass is 265 g/mol. The van der Waals surface area contributed by atoms with Crippen molar-refractivity contribution < 1.29 is 4.74 Å². The molecule has 1 spiro atoms. The number of hydrogen-bond acceptors (Lipinski definition) is 4. The van der Waals surface area contributed by atoms with Crippen LogP contribution < -0.4 is 21.3 Å². The molecule has 1 aromatic rings. The fourth-order valence-corrected chi connectivity index (χ4v) is 3.12. The van der Waals surface area contributed by atoms with E-state index in [2.05, 4.69) is 5.32 Å². The Bertz CT molecular complexity index is 621. The first-order chi connectivity index (χ1) is 9.04. The van der Waals surface area contributed by atoms with Crippen LogP contribution in [0.25, 0.3) is 0 Å². The van der Waals surface area contributed by atoms with E-state index in [1.165, 1.54) is 11.6 Å². The summed E-state index contributed by atoms with van der Waals surface area (Å²) >= 11 is 0. The van der Waals surface area contributed by atoms with E-state index in [0.29, 0.717) is 17.9 Å². The smallest absolute Gasteiger partial charge is 0.333 e. The highest BCUT2D eigenvalue weighted by Crippen LogP contribution is 2.37. The maximum Gasteiger partial charge on any atom is 0.333 e. The number of rotatable bonds is 0. The molecule has 0 saturated carbocycles. The van der Waals surface area contributed by atoms with Crippen LogP contribution in [0, 0.1) is 0 Å². The molecule has 1 N–H and O–H groups in total. The van der Waals surface area contributed by atoms with Gasteiger partial charge in [-0.15, -0.1) is 0 Å². The molecule has 2 aliphatic rings. The third-order valence-electron chi connectivity index (χ3n) is 4.25. The van der Waals surface area contributed by atoms with Crippen LogP contribution in [0.5, 0.6) is 5.88 Å². The van der Waals surface area contributed by atoms with Crippen LogP contribution in [0.3, 0.4) is 0 Å². The number of ether oxygens (including phenoxy) is 1. The highest BCUT2D eigenvalue weighted by Gasteiger charge is 2.42. The Morgan fingerprint density at radius 1 is 1.16 bits per heavy atom. The van der Waals surface area contributed by atoms with Gasteiger partial charge in [-0.25, -0.2) is 4.79 Å². The molecule has 3 heterocycles. The summed E-state index contributed by atoms with van der Waals surface area (Å²) in [5.74, 6) is 0.468. The van der Waals surface area contributed by atoms with Crippen molar-refractivity contribution in [2.75, 3.05) is 13.1 Å². The predicted molar refractivity (Wildman–Crippen MR) is 70.7 cm³/mol. The summed E-state index contributed by atoms with van der Waals surface area (Å²) in [6.45, 7) is 1.88. The summed E-state index contributed by atoms with van der Waals surface area (Å²) in [4.78, 5) is 24.1. The molecule has 104 valence electrons. The third kappa shape index (κ3) is 1.82. The molecule has 0 amide bonds. The number of fused-ring (bicyclic) bond motifs is 1. The molecule has 1 aromatic heterocycles. The van der Waals surface area contributed by atoms with Gasteiger partial charge in [-0.2, -0.15) is 0 Å². The van der Waals surface area contributed by atoms with Gasteiger partial charge in [-0.05, 0) is 32.4 Å². The Hall–Kier alpha value is -1.56. The lowest BCUT2D eigenvalue weighted by molar-refractivity contribution is 0.0726. The molecule has 3 rings (SSSR count). The summed E-state index contributed by atoms with van der Waals surface area (Å²) in [7, 11) is 3.18. The second kappa shape index (κ2) is 4.23. The lowest BCUT2D eigenvalue weighted by Crippen LogP contribution is -2.38. The SMILES string of the molecule is Cn1c2c(c(=O)n(C)c1=O)C[C@@]1(CCCNCC1)O2. The first kappa shape index (κ1) is 12.5. The van der Waals surface area contributed by atoms with Crippen molar-refractivity contribution >= 4 is 0 Å². The molecule has 0 aliphatic carbocycles. The Morgan fingerprint density at radius 3 is 2.74 bits per heavy atom. The van der Waals surface area contributed by atoms with E-state index in [1.807, 2.05) is 0 Å². The maximum absolute atomic E-state index is 12.2. The van der Waals surface area contributed by atoms with Crippen LogP contribution in [0.2, 0.25) is 0 Å². The highest BCUT2D eigenvalue weighted by atomic mass is 16.5. The summed E-state index contributed by atoms with van der Waals surface area (Å²) < 4.78 is 8.68. The van der Waals surface area contributed by atoms with Gasteiger partial charge >= 0.3 is 5.69 Å². The zero-order valence-electron chi connectivity index (χ0n) is 11.4. The molecular formula is C13H19N3O3. The molecule has 1 fully saturated rings. The topological polar surface area (TPSA) is 65.3 Å². The Kier molecular flexibility index (Phi) is 2.78. The zero-order valence-corrected chi connectivity index (χ0v) is 11.4. The first-order valence-electron chi connectivity index (χ1n) is 6.73. The molecule has 6 heteroatoms. The van der Waals surface area contributed by atoms with E-state index in [0.717, 1.165) is 36.9 Å². The molecule has 1 saturated heterocycles. The van der Waals surface area contributed by atoms with Gasteiger partial charge in [0.1, 0.15) is 5.60 Å². The zero-order chi connectivity index (χ0) is 13.6. The Balaban J connectivity index is 2.09. The molecular weight excluding hydrogens is 246 g/mol. The summed E-state index contributed by atoms with van der Waals surface area (Å²) in [6.07, 6.45) is 3.44. The number of aromatic nitrogens is 2. The van der Waals surface area contributed by atoms with Gasteiger partial charge in [-0.3, -0.25) is 13.9 Å².